The zero-order chi connectivity index (χ0) is 15.1. The highest BCUT2D eigenvalue weighted by molar-refractivity contribution is 7.08. The highest BCUT2D eigenvalue weighted by Gasteiger charge is 2.07. The van der Waals surface area contributed by atoms with Crippen LogP contribution in [0.15, 0.2) is 41.1 Å². The first kappa shape index (κ1) is 14.8. The van der Waals surface area contributed by atoms with Crippen LogP contribution in [0.2, 0.25) is 0 Å². The Hall–Kier alpha value is -2.58. The summed E-state index contributed by atoms with van der Waals surface area (Å²) in [7, 11) is 0. The third-order valence-corrected chi connectivity index (χ3v) is 3.42. The summed E-state index contributed by atoms with van der Waals surface area (Å²) >= 11 is 1.46. The number of carbonyl (C=O) groups excluding carboxylic acids is 2. The van der Waals surface area contributed by atoms with Crippen LogP contribution in [-0.4, -0.2) is 18.4 Å². The molecule has 0 saturated heterocycles. The van der Waals surface area contributed by atoms with E-state index in [2.05, 4.69) is 16.6 Å². The van der Waals surface area contributed by atoms with Crippen molar-refractivity contribution in [2.45, 2.75) is 6.42 Å². The molecule has 2 rings (SSSR count). The van der Waals surface area contributed by atoms with Crippen molar-refractivity contribution in [3.8, 4) is 12.3 Å². The van der Waals surface area contributed by atoms with Gasteiger partial charge in [0.1, 0.15) is 0 Å². The molecule has 21 heavy (non-hydrogen) atoms. The van der Waals surface area contributed by atoms with Gasteiger partial charge in [0.15, 0.2) is 0 Å². The van der Waals surface area contributed by atoms with E-state index in [1.807, 2.05) is 5.38 Å². The Morgan fingerprint density at radius 2 is 2.14 bits per heavy atom. The Labute approximate surface area is 127 Å². The first-order valence-corrected chi connectivity index (χ1v) is 7.30. The van der Waals surface area contributed by atoms with Crippen molar-refractivity contribution >= 4 is 28.8 Å². The van der Waals surface area contributed by atoms with Crippen LogP contribution < -0.4 is 10.6 Å². The van der Waals surface area contributed by atoms with Gasteiger partial charge in [-0.1, -0.05) is 12.0 Å². The largest absolute Gasteiger partial charge is 0.351 e. The zero-order valence-corrected chi connectivity index (χ0v) is 12.1. The fourth-order valence-corrected chi connectivity index (χ4v) is 2.33. The van der Waals surface area contributed by atoms with Crippen molar-refractivity contribution in [3.05, 3.63) is 52.2 Å². The van der Waals surface area contributed by atoms with E-state index >= 15 is 0 Å². The van der Waals surface area contributed by atoms with Gasteiger partial charge in [0, 0.05) is 35.2 Å². The van der Waals surface area contributed by atoms with Crippen LogP contribution in [0.5, 0.6) is 0 Å². The van der Waals surface area contributed by atoms with Crippen LogP contribution in [0.3, 0.4) is 0 Å². The van der Waals surface area contributed by atoms with Gasteiger partial charge in [-0.3, -0.25) is 9.59 Å². The van der Waals surface area contributed by atoms with E-state index in [-0.39, 0.29) is 24.8 Å². The van der Waals surface area contributed by atoms with Gasteiger partial charge in [0.25, 0.3) is 5.91 Å². The molecule has 0 atom stereocenters. The Bertz CT molecular complexity index is 672. The molecule has 0 aliphatic heterocycles. The molecule has 1 aromatic heterocycles. The van der Waals surface area contributed by atoms with Crippen LogP contribution in [0.1, 0.15) is 22.3 Å². The lowest BCUT2D eigenvalue weighted by Gasteiger charge is -2.06. The molecule has 0 aliphatic carbocycles. The van der Waals surface area contributed by atoms with E-state index in [1.54, 1.807) is 35.7 Å². The maximum atomic E-state index is 11.8. The first-order valence-electron chi connectivity index (χ1n) is 6.36. The van der Waals surface area contributed by atoms with E-state index in [0.29, 0.717) is 16.8 Å². The average molecular weight is 298 g/mol. The average Bonchev–Trinajstić information content (AvgIpc) is 3.01. The molecule has 2 aromatic rings. The van der Waals surface area contributed by atoms with E-state index < -0.39 is 0 Å². The lowest BCUT2D eigenvalue weighted by atomic mass is 10.2. The lowest BCUT2D eigenvalue weighted by molar-refractivity contribution is -0.116. The Kier molecular flexibility index (Phi) is 5.13. The molecule has 106 valence electrons. The molecule has 0 saturated carbocycles. The number of anilines is 1. The Morgan fingerprint density at radius 1 is 1.29 bits per heavy atom. The molecular formula is C16H14N2O2S. The monoisotopic (exact) mass is 298 g/mol. The first-order chi connectivity index (χ1) is 10.2. The summed E-state index contributed by atoms with van der Waals surface area (Å²) in [5, 5.41) is 9.04. The third-order valence-electron chi connectivity index (χ3n) is 2.73. The van der Waals surface area contributed by atoms with E-state index in [9.17, 15) is 9.59 Å². The van der Waals surface area contributed by atoms with Gasteiger partial charge < -0.3 is 10.6 Å². The molecule has 2 amide bonds. The maximum Gasteiger partial charge on any atom is 0.252 e. The van der Waals surface area contributed by atoms with E-state index in [1.165, 1.54) is 11.3 Å². The van der Waals surface area contributed by atoms with Gasteiger partial charge in [0.2, 0.25) is 5.91 Å². The van der Waals surface area contributed by atoms with Crippen LogP contribution >= 0.6 is 11.3 Å². The summed E-state index contributed by atoms with van der Waals surface area (Å²) < 4.78 is 0. The second-order valence-electron chi connectivity index (χ2n) is 4.29. The van der Waals surface area contributed by atoms with Crippen molar-refractivity contribution < 1.29 is 9.59 Å². The smallest absolute Gasteiger partial charge is 0.252 e. The van der Waals surface area contributed by atoms with E-state index in [0.717, 1.165) is 0 Å². The maximum absolute atomic E-state index is 11.8. The minimum atomic E-state index is -0.171. The highest BCUT2D eigenvalue weighted by Crippen LogP contribution is 2.10. The number of hydrogen-bond acceptors (Lipinski definition) is 3. The van der Waals surface area contributed by atoms with Crippen molar-refractivity contribution in [3.63, 3.8) is 0 Å². The minimum absolute atomic E-state index is 0.168. The van der Waals surface area contributed by atoms with Crippen molar-refractivity contribution in [1.29, 1.82) is 0 Å². The standard InChI is InChI=1S/C16H14N2O2S/c1-2-12-4-3-5-14(10-12)18-15(19)6-8-17-16(20)13-7-9-21-11-13/h1,3-5,7,9-11H,6,8H2,(H,17,20)(H,18,19). The van der Waals surface area contributed by atoms with Crippen LogP contribution in [0.4, 0.5) is 5.69 Å². The molecule has 0 unspecified atom stereocenters. The number of benzene rings is 1. The number of amides is 2. The minimum Gasteiger partial charge on any atom is -0.351 e. The molecule has 0 aliphatic rings. The molecular weight excluding hydrogens is 284 g/mol. The molecule has 0 bridgehead atoms. The third kappa shape index (κ3) is 4.48. The molecule has 0 radical (unpaired) electrons. The quantitative estimate of drug-likeness (QED) is 0.833. The van der Waals surface area contributed by atoms with Gasteiger partial charge in [-0.25, -0.2) is 0 Å². The van der Waals surface area contributed by atoms with Crippen molar-refractivity contribution in [2.75, 3.05) is 11.9 Å². The van der Waals surface area contributed by atoms with Crippen LogP contribution in [0.25, 0.3) is 0 Å². The van der Waals surface area contributed by atoms with E-state index in [4.69, 9.17) is 6.42 Å². The van der Waals surface area contributed by atoms with Gasteiger partial charge in [-0.05, 0) is 29.6 Å². The van der Waals surface area contributed by atoms with Crippen LogP contribution in [-0.2, 0) is 4.79 Å². The number of terminal acetylenes is 1. The highest BCUT2D eigenvalue weighted by atomic mass is 32.1. The Morgan fingerprint density at radius 3 is 2.86 bits per heavy atom. The predicted octanol–water partition coefficient (Wildman–Crippen LogP) is 2.49. The van der Waals surface area contributed by atoms with Crippen molar-refractivity contribution in [2.24, 2.45) is 0 Å². The second-order valence-corrected chi connectivity index (χ2v) is 5.07. The van der Waals surface area contributed by atoms with Gasteiger partial charge in [-0.2, -0.15) is 11.3 Å². The zero-order valence-electron chi connectivity index (χ0n) is 11.3. The lowest BCUT2D eigenvalue weighted by Crippen LogP contribution is -2.27. The summed E-state index contributed by atoms with van der Waals surface area (Å²) in [5.41, 5.74) is 1.97. The van der Waals surface area contributed by atoms with Gasteiger partial charge in [-0.15, -0.1) is 6.42 Å². The SMILES string of the molecule is C#Cc1cccc(NC(=O)CCNC(=O)c2ccsc2)c1. The number of hydrogen-bond donors (Lipinski definition) is 2. The predicted molar refractivity (Wildman–Crippen MR) is 84.3 cm³/mol. The normalized spacial score (nSPS) is 9.67. The molecule has 0 fully saturated rings. The molecule has 1 aromatic carbocycles. The summed E-state index contributed by atoms with van der Waals surface area (Å²) in [4.78, 5) is 23.4. The summed E-state index contributed by atoms with van der Waals surface area (Å²) in [5.74, 6) is 2.17. The summed E-state index contributed by atoms with van der Waals surface area (Å²) in [6.07, 6.45) is 5.50. The number of carbonyl (C=O) groups is 2. The number of rotatable bonds is 5. The fourth-order valence-electron chi connectivity index (χ4n) is 1.70. The number of thiophene rings is 1. The number of nitrogens with one attached hydrogen (secondary N) is 2. The second kappa shape index (κ2) is 7.27. The Balaban J connectivity index is 1.77. The van der Waals surface area contributed by atoms with Crippen LogP contribution in [0, 0.1) is 12.3 Å². The van der Waals surface area contributed by atoms with Crippen molar-refractivity contribution in [1.82, 2.24) is 5.32 Å². The molecule has 0 spiro atoms. The fraction of sp³-hybridized carbons (Fsp3) is 0.125. The summed E-state index contributed by atoms with van der Waals surface area (Å²) in [6.45, 7) is 0.287. The molecule has 5 heteroatoms. The summed E-state index contributed by atoms with van der Waals surface area (Å²) in [6, 6.07) is 8.80. The van der Waals surface area contributed by atoms with Gasteiger partial charge in [0.05, 0.1) is 0 Å². The topological polar surface area (TPSA) is 58.2 Å². The molecule has 4 nitrogen and oxygen atoms in total. The molecule has 2 N–H and O–H groups in total. The van der Waals surface area contributed by atoms with Gasteiger partial charge >= 0.3 is 0 Å². The molecule has 1 heterocycles.